The highest BCUT2D eigenvalue weighted by atomic mass is 19.4. The molecular weight excluding hydrogens is 929 g/mol. The van der Waals surface area contributed by atoms with E-state index in [4.69, 9.17) is 31.3 Å². The molecule has 2 aliphatic rings. The molecule has 2 aromatic rings. The number of hydrogen-bond donors (Lipinski definition) is 7. The molecule has 16 nitrogen and oxygen atoms in total. The molecule has 0 bridgehead atoms. The Morgan fingerprint density at radius 3 is 1.49 bits per heavy atom. The zero-order valence-corrected chi connectivity index (χ0v) is 37.1. The Bertz CT molecular complexity index is 1950. The van der Waals surface area contributed by atoms with Crippen molar-refractivity contribution in [3.63, 3.8) is 0 Å². The van der Waals surface area contributed by atoms with Crippen LogP contribution in [0.3, 0.4) is 0 Å². The van der Waals surface area contributed by atoms with E-state index in [0.29, 0.717) is 38.6 Å². The highest BCUT2D eigenvalue weighted by Gasteiger charge is 2.53. The van der Waals surface area contributed by atoms with Gasteiger partial charge in [0, 0.05) is 38.0 Å². The lowest BCUT2D eigenvalue weighted by Gasteiger charge is -2.54. The molecule has 4 atom stereocenters. The number of amides is 5. The average molecular weight is 986 g/mol. The Kier molecular flexibility index (Phi) is 22.2. The summed E-state index contributed by atoms with van der Waals surface area (Å²) in [6.45, 7) is 4.72. The molecular formula is C43H56F9N7O9. The topological polar surface area (TPSA) is 255 Å². The molecule has 1 spiro atoms. The van der Waals surface area contributed by atoms with Gasteiger partial charge in [-0.2, -0.15) is 39.5 Å². The maximum absolute atomic E-state index is 13.9. The third-order valence-electron chi connectivity index (χ3n) is 10.7. The van der Waals surface area contributed by atoms with Crippen molar-refractivity contribution in [1.82, 2.24) is 25.8 Å². The van der Waals surface area contributed by atoms with Crippen LogP contribution in [0.1, 0.15) is 63.5 Å². The number of hydrogen-bond acceptors (Lipinski definition) is 9. The molecule has 25 heteroatoms. The number of piperidine rings is 1. The van der Waals surface area contributed by atoms with Gasteiger partial charge in [-0.3, -0.25) is 24.0 Å². The third-order valence-corrected chi connectivity index (χ3v) is 10.7. The summed E-state index contributed by atoms with van der Waals surface area (Å²) < 4.78 is 102. The van der Waals surface area contributed by atoms with Gasteiger partial charge in [0.05, 0.1) is 6.04 Å². The number of likely N-dealkylation sites (tertiary alicyclic amines) is 2. The normalized spacial score (nSPS) is 16.3. The molecule has 0 aliphatic carbocycles. The van der Waals surface area contributed by atoms with Crippen LogP contribution in [0.4, 0.5) is 39.5 Å². The molecule has 0 saturated carbocycles. The highest BCUT2D eigenvalue weighted by molar-refractivity contribution is 5.95. The first-order valence-electron chi connectivity index (χ1n) is 21.2. The molecule has 2 saturated heterocycles. The Labute approximate surface area is 385 Å². The summed E-state index contributed by atoms with van der Waals surface area (Å²) in [5.74, 6) is -9.37. The monoisotopic (exact) mass is 985 g/mol. The van der Waals surface area contributed by atoms with Gasteiger partial charge in [0.2, 0.25) is 23.6 Å². The number of nitrogens with two attached hydrogens (primary N) is 2. The zero-order valence-electron chi connectivity index (χ0n) is 37.1. The van der Waals surface area contributed by atoms with E-state index in [0.717, 1.165) is 16.0 Å². The van der Waals surface area contributed by atoms with Crippen LogP contribution in [0, 0.1) is 11.3 Å². The first-order chi connectivity index (χ1) is 31.5. The summed E-state index contributed by atoms with van der Waals surface area (Å²) in [6, 6.07) is 14.5. The van der Waals surface area contributed by atoms with Crippen molar-refractivity contribution in [2.45, 2.75) is 108 Å². The SMILES string of the molecule is CC(C)CC(NC(=O)C(Cc1ccccc1)NC(=O)C(N)Cc1ccccc1)C(=O)NC(CCCCN)C(=O)N1CCC2(CC1)CN(C(=O)C(F)(F)F)C2.O=C(O)C(F)(F)F.O=C(O)C(F)(F)F. The fourth-order valence-electron chi connectivity index (χ4n) is 7.12. The lowest BCUT2D eigenvalue weighted by Crippen LogP contribution is -2.65. The summed E-state index contributed by atoms with van der Waals surface area (Å²) in [5, 5.41) is 22.8. The largest absolute Gasteiger partial charge is 0.490 e. The van der Waals surface area contributed by atoms with Crippen molar-refractivity contribution in [3.05, 3.63) is 71.8 Å². The number of benzene rings is 2. The van der Waals surface area contributed by atoms with Crippen LogP contribution in [0.2, 0.25) is 0 Å². The van der Waals surface area contributed by atoms with Gasteiger partial charge in [-0.1, -0.05) is 74.5 Å². The number of carboxylic acids is 2. The van der Waals surface area contributed by atoms with E-state index in [1.165, 1.54) is 0 Å². The van der Waals surface area contributed by atoms with Gasteiger partial charge in [-0.05, 0) is 68.5 Å². The first kappa shape index (κ1) is 58.1. The summed E-state index contributed by atoms with van der Waals surface area (Å²) in [7, 11) is 0. The second kappa shape index (κ2) is 26.0. The molecule has 2 aromatic carbocycles. The van der Waals surface area contributed by atoms with E-state index in [1.54, 1.807) is 4.90 Å². The second-order valence-electron chi connectivity index (χ2n) is 16.7. The van der Waals surface area contributed by atoms with Crippen LogP contribution < -0.4 is 27.4 Å². The maximum Gasteiger partial charge on any atom is 0.490 e. The zero-order chi connectivity index (χ0) is 51.6. The van der Waals surface area contributed by atoms with Gasteiger partial charge in [0.1, 0.15) is 18.1 Å². The van der Waals surface area contributed by atoms with Gasteiger partial charge < -0.3 is 47.4 Å². The minimum atomic E-state index is -5.08. The molecule has 0 aromatic heterocycles. The lowest BCUT2D eigenvalue weighted by atomic mass is 9.72. The molecule has 4 unspecified atom stereocenters. The predicted octanol–water partition coefficient (Wildman–Crippen LogP) is 3.71. The van der Waals surface area contributed by atoms with Crippen LogP contribution in [0.25, 0.3) is 0 Å². The second-order valence-corrected chi connectivity index (χ2v) is 16.7. The Hall–Kier alpha value is -5.98. The average Bonchev–Trinajstić information content (AvgIpc) is 3.24. The van der Waals surface area contributed by atoms with E-state index in [-0.39, 0.29) is 57.3 Å². The molecule has 2 aliphatic heterocycles. The van der Waals surface area contributed by atoms with Gasteiger partial charge >= 0.3 is 36.4 Å². The van der Waals surface area contributed by atoms with Gasteiger partial charge in [0.15, 0.2) is 0 Å². The van der Waals surface area contributed by atoms with E-state index < -0.39 is 83.7 Å². The van der Waals surface area contributed by atoms with E-state index in [1.807, 2.05) is 74.5 Å². The van der Waals surface area contributed by atoms with E-state index in [9.17, 15) is 63.5 Å². The number of carbonyl (C=O) groups excluding carboxylic acids is 5. The Morgan fingerprint density at radius 1 is 0.632 bits per heavy atom. The number of nitrogens with one attached hydrogen (secondary N) is 3. The van der Waals surface area contributed by atoms with E-state index >= 15 is 0 Å². The van der Waals surface area contributed by atoms with Crippen LogP contribution in [-0.4, -0.2) is 137 Å². The number of carbonyl (C=O) groups is 7. The minimum absolute atomic E-state index is 0.00863. The standard InChI is InChI=1S/C39H54F3N7O5.2C2HF3O2/c1-26(2)21-31(47-35(52)32(23-28-13-7-4-8-14-28)46-33(50)29(44)22-27-11-5-3-6-12-27)34(51)45-30(15-9-10-18-43)36(53)48-19-16-38(17-20-48)24-49(25-38)37(54)39(40,41)42;2*3-2(4,5)1(6)7/h3-8,11-14,26,29-32H,9-10,15-25,43-44H2,1-2H3,(H,45,51)(H,46,50)(H,47,52);2*(H,6,7). The third kappa shape index (κ3) is 19.7. The molecule has 0 radical (unpaired) electrons. The van der Waals surface area contributed by atoms with Crippen molar-refractivity contribution in [3.8, 4) is 0 Å². The van der Waals surface area contributed by atoms with Crippen LogP contribution in [-0.2, 0) is 46.4 Å². The summed E-state index contributed by atoms with van der Waals surface area (Å²) in [4.78, 5) is 86.9. The van der Waals surface area contributed by atoms with Crippen molar-refractivity contribution in [2.24, 2.45) is 22.8 Å². The molecule has 4 rings (SSSR count). The van der Waals surface area contributed by atoms with Crippen molar-refractivity contribution >= 4 is 41.5 Å². The van der Waals surface area contributed by atoms with Crippen LogP contribution in [0.15, 0.2) is 60.7 Å². The number of nitrogens with zero attached hydrogens (tertiary/aromatic N) is 2. The summed E-state index contributed by atoms with van der Waals surface area (Å²) in [6.07, 6.45) is -12.1. The smallest absolute Gasteiger partial charge is 0.475 e. The number of halogens is 9. The molecule has 68 heavy (non-hydrogen) atoms. The highest BCUT2D eigenvalue weighted by Crippen LogP contribution is 2.42. The lowest BCUT2D eigenvalue weighted by molar-refractivity contribution is -0.198. The summed E-state index contributed by atoms with van der Waals surface area (Å²) >= 11 is 0. The summed E-state index contributed by atoms with van der Waals surface area (Å²) in [5.41, 5.74) is 13.1. The maximum atomic E-state index is 13.9. The first-order valence-corrected chi connectivity index (χ1v) is 21.2. The van der Waals surface area contributed by atoms with Gasteiger partial charge in [-0.15, -0.1) is 0 Å². The van der Waals surface area contributed by atoms with Gasteiger partial charge in [0.25, 0.3) is 0 Å². The fourth-order valence-corrected chi connectivity index (χ4v) is 7.12. The molecule has 2 heterocycles. The van der Waals surface area contributed by atoms with Crippen LogP contribution in [0.5, 0.6) is 0 Å². The van der Waals surface area contributed by atoms with E-state index in [2.05, 4.69) is 16.0 Å². The van der Waals surface area contributed by atoms with Crippen molar-refractivity contribution < 1.29 is 83.3 Å². The molecule has 5 amide bonds. The van der Waals surface area contributed by atoms with Crippen molar-refractivity contribution in [1.29, 1.82) is 0 Å². The number of aliphatic carboxylic acids is 2. The fraction of sp³-hybridized carbons (Fsp3) is 0.558. The predicted molar refractivity (Wildman–Crippen MR) is 225 cm³/mol. The number of alkyl halides is 9. The minimum Gasteiger partial charge on any atom is -0.475 e. The Balaban J connectivity index is 0.000000982. The molecule has 9 N–H and O–H groups in total. The molecule has 380 valence electrons. The molecule has 2 fully saturated rings. The van der Waals surface area contributed by atoms with Crippen molar-refractivity contribution in [2.75, 3.05) is 32.7 Å². The number of rotatable bonds is 17. The van der Waals surface area contributed by atoms with Crippen LogP contribution >= 0.6 is 0 Å². The number of carboxylic acid groups (broad SMARTS) is 2. The Morgan fingerprint density at radius 2 is 1.06 bits per heavy atom. The quantitative estimate of drug-likeness (QED) is 0.0889. The van der Waals surface area contributed by atoms with Gasteiger partial charge in [-0.25, -0.2) is 9.59 Å². The number of unbranched alkanes of at least 4 members (excludes halogenated alkanes) is 1.